The molecule has 1 heterocycles. The average molecular weight is 270 g/mol. The van der Waals surface area contributed by atoms with Gasteiger partial charge in [0.25, 0.3) is 0 Å². The summed E-state index contributed by atoms with van der Waals surface area (Å²) in [4.78, 5) is 2.75. The van der Waals surface area contributed by atoms with E-state index in [-0.39, 0.29) is 0 Å². The van der Waals surface area contributed by atoms with Gasteiger partial charge in [0.15, 0.2) is 0 Å². The quantitative estimate of drug-likeness (QED) is 0.847. The molecule has 1 aliphatic carbocycles. The second kappa shape index (κ2) is 6.11. The lowest BCUT2D eigenvalue weighted by atomic mass is 9.94. The van der Waals surface area contributed by atoms with Crippen molar-refractivity contribution in [3.8, 4) is 0 Å². The van der Waals surface area contributed by atoms with E-state index in [4.69, 9.17) is 0 Å². The molecule has 3 rings (SSSR count). The SMILES string of the molecule is CC(C)C1CN(C2CC=CC2)C(c2ccccc2)CN1. The monoisotopic (exact) mass is 270 g/mol. The van der Waals surface area contributed by atoms with Crippen LogP contribution < -0.4 is 5.32 Å². The zero-order valence-corrected chi connectivity index (χ0v) is 12.6. The van der Waals surface area contributed by atoms with Crippen molar-refractivity contribution in [2.45, 2.75) is 44.8 Å². The molecule has 0 bridgehead atoms. The Hall–Kier alpha value is -1.12. The lowest BCUT2D eigenvalue weighted by Crippen LogP contribution is -2.56. The van der Waals surface area contributed by atoms with E-state index in [1.54, 1.807) is 0 Å². The second-order valence-electron chi connectivity index (χ2n) is 6.48. The Labute approximate surface area is 122 Å². The van der Waals surface area contributed by atoms with Gasteiger partial charge >= 0.3 is 0 Å². The molecule has 1 saturated heterocycles. The Balaban J connectivity index is 1.80. The summed E-state index contributed by atoms with van der Waals surface area (Å²) in [6.07, 6.45) is 7.13. The Morgan fingerprint density at radius 2 is 1.80 bits per heavy atom. The summed E-state index contributed by atoms with van der Waals surface area (Å²) in [5.74, 6) is 0.698. The minimum Gasteiger partial charge on any atom is -0.311 e. The van der Waals surface area contributed by atoms with Crippen LogP contribution in [0.25, 0.3) is 0 Å². The van der Waals surface area contributed by atoms with Gasteiger partial charge in [0.2, 0.25) is 0 Å². The number of nitrogens with one attached hydrogen (secondary N) is 1. The first-order valence-corrected chi connectivity index (χ1v) is 7.95. The maximum atomic E-state index is 3.76. The fraction of sp³-hybridized carbons (Fsp3) is 0.556. The topological polar surface area (TPSA) is 15.3 Å². The smallest absolute Gasteiger partial charge is 0.0476 e. The molecule has 0 spiro atoms. The van der Waals surface area contributed by atoms with Crippen LogP contribution >= 0.6 is 0 Å². The van der Waals surface area contributed by atoms with E-state index in [2.05, 4.69) is 66.5 Å². The first-order valence-electron chi connectivity index (χ1n) is 7.95. The maximum Gasteiger partial charge on any atom is 0.0476 e. The Bertz CT molecular complexity index is 444. The van der Waals surface area contributed by atoms with E-state index < -0.39 is 0 Å². The number of piperazine rings is 1. The molecular weight excluding hydrogens is 244 g/mol. The standard InChI is InChI=1S/C18H26N2/c1-14(2)17-13-20(16-10-6-7-11-16)18(12-19-17)15-8-4-3-5-9-15/h3-9,14,16-19H,10-13H2,1-2H3. The zero-order chi connectivity index (χ0) is 13.9. The third-order valence-electron chi connectivity index (χ3n) is 4.82. The lowest BCUT2D eigenvalue weighted by Gasteiger charge is -2.45. The fourth-order valence-electron chi connectivity index (χ4n) is 3.51. The molecule has 0 radical (unpaired) electrons. The highest BCUT2D eigenvalue weighted by molar-refractivity contribution is 5.21. The predicted molar refractivity (Wildman–Crippen MR) is 84.7 cm³/mol. The van der Waals surface area contributed by atoms with Crippen molar-refractivity contribution in [3.63, 3.8) is 0 Å². The highest BCUT2D eigenvalue weighted by Crippen LogP contribution is 2.31. The van der Waals surface area contributed by atoms with Crippen molar-refractivity contribution in [2.75, 3.05) is 13.1 Å². The Morgan fingerprint density at radius 1 is 1.10 bits per heavy atom. The molecule has 2 aliphatic rings. The third-order valence-corrected chi connectivity index (χ3v) is 4.82. The summed E-state index contributed by atoms with van der Waals surface area (Å²) in [5.41, 5.74) is 1.45. The third kappa shape index (κ3) is 2.82. The highest BCUT2D eigenvalue weighted by Gasteiger charge is 2.34. The molecule has 1 N–H and O–H groups in total. The molecule has 0 aromatic heterocycles. The van der Waals surface area contributed by atoms with Crippen molar-refractivity contribution >= 4 is 0 Å². The molecule has 1 aromatic carbocycles. The van der Waals surface area contributed by atoms with Gasteiger partial charge in [0, 0.05) is 31.2 Å². The number of hydrogen-bond acceptors (Lipinski definition) is 2. The van der Waals surface area contributed by atoms with Gasteiger partial charge < -0.3 is 5.32 Å². The largest absolute Gasteiger partial charge is 0.311 e. The lowest BCUT2D eigenvalue weighted by molar-refractivity contribution is 0.0732. The molecule has 2 heteroatoms. The summed E-state index contributed by atoms with van der Waals surface area (Å²) in [6, 6.07) is 12.8. The van der Waals surface area contributed by atoms with Crippen LogP contribution in [0.5, 0.6) is 0 Å². The van der Waals surface area contributed by atoms with E-state index in [1.165, 1.54) is 24.9 Å². The summed E-state index contributed by atoms with van der Waals surface area (Å²) >= 11 is 0. The van der Waals surface area contributed by atoms with E-state index in [0.29, 0.717) is 24.0 Å². The van der Waals surface area contributed by atoms with Gasteiger partial charge in [-0.1, -0.05) is 56.3 Å². The van der Waals surface area contributed by atoms with Crippen molar-refractivity contribution < 1.29 is 0 Å². The van der Waals surface area contributed by atoms with Gasteiger partial charge in [-0.15, -0.1) is 0 Å². The minimum atomic E-state index is 0.524. The van der Waals surface area contributed by atoms with E-state index in [9.17, 15) is 0 Å². The summed E-state index contributed by atoms with van der Waals surface area (Å²) in [5, 5.41) is 3.76. The molecule has 1 aromatic rings. The highest BCUT2D eigenvalue weighted by atomic mass is 15.3. The first-order chi connectivity index (χ1) is 9.75. The van der Waals surface area contributed by atoms with E-state index in [1.807, 2.05) is 0 Å². The maximum absolute atomic E-state index is 3.76. The fourth-order valence-corrected chi connectivity index (χ4v) is 3.51. The molecule has 1 fully saturated rings. The van der Waals surface area contributed by atoms with Crippen LogP contribution in [0.1, 0.15) is 38.3 Å². The molecule has 2 unspecified atom stereocenters. The van der Waals surface area contributed by atoms with Crippen LogP contribution in [0.2, 0.25) is 0 Å². The summed E-state index contributed by atoms with van der Waals surface area (Å²) < 4.78 is 0. The van der Waals surface area contributed by atoms with Crippen molar-refractivity contribution in [1.82, 2.24) is 10.2 Å². The molecule has 20 heavy (non-hydrogen) atoms. The summed E-state index contributed by atoms with van der Waals surface area (Å²) in [7, 11) is 0. The zero-order valence-electron chi connectivity index (χ0n) is 12.6. The van der Waals surface area contributed by atoms with Gasteiger partial charge in [-0.05, 0) is 24.3 Å². The number of nitrogens with zero attached hydrogens (tertiary/aromatic N) is 1. The summed E-state index contributed by atoms with van der Waals surface area (Å²) in [6.45, 7) is 6.89. The van der Waals surface area contributed by atoms with Gasteiger partial charge in [-0.3, -0.25) is 4.90 Å². The van der Waals surface area contributed by atoms with Crippen LogP contribution in [0, 0.1) is 5.92 Å². The molecule has 2 nitrogen and oxygen atoms in total. The second-order valence-corrected chi connectivity index (χ2v) is 6.48. The molecule has 0 amide bonds. The normalized spacial score (nSPS) is 28.4. The van der Waals surface area contributed by atoms with Crippen molar-refractivity contribution in [2.24, 2.45) is 5.92 Å². The predicted octanol–water partition coefficient (Wildman–Crippen LogP) is 3.38. The Kier molecular flexibility index (Phi) is 4.23. The van der Waals surface area contributed by atoms with Gasteiger partial charge in [-0.2, -0.15) is 0 Å². The number of hydrogen-bond donors (Lipinski definition) is 1. The molecule has 1 aliphatic heterocycles. The van der Waals surface area contributed by atoms with Gasteiger partial charge in [0.05, 0.1) is 0 Å². The molecule has 108 valence electrons. The molecule has 2 atom stereocenters. The van der Waals surface area contributed by atoms with Crippen LogP contribution in [-0.4, -0.2) is 30.1 Å². The first kappa shape index (κ1) is 13.8. The molecule has 0 saturated carbocycles. The van der Waals surface area contributed by atoms with Crippen molar-refractivity contribution in [1.29, 1.82) is 0 Å². The Morgan fingerprint density at radius 3 is 2.45 bits per heavy atom. The van der Waals surface area contributed by atoms with E-state index in [0.717, 1.165) is 6.54 Å². The van der Waals surface area contributed by atoms with E-state index >= 15 is 0 Å². The average Bonchev–Trinajstić information content (AvgIpc) is 3.01. The number of rotatable bonds is 3. The van der Waals surface area contributed by atoms with Gasteiger partial charge in [0.1, 0.15) is 0 Å². The van der Waals surface area contributed by atoms with Crippen LogP contribution in [0.3, 0.4) is 0 Å². The number of benzene rings is 1. The molecular formula is C18H26N2. The van der Waals surface area contributed by atoms with Crippen LogP contribution in [0.4, 0.5) is 0 Å². The van der Waals surface area contributed by atoms with Crippen LogP contribution in [0.15, 0.2) is 42.5 Å². The van der Waals surface area contributed by atoms with Crippen LogP contribution in [-0.2, 0) is 0 Å². The van der Waals surface area contributed by atoms with Crippen molar-refractivity contribution in [3.05, 3.63) is 48.0 Å². The van der Waals surface area contributed by atoms with Gasteiger partial charge in [-0.25, -0.2) is 0 Å². The minimum absolute atomic E-state index is 0.524.